The third kappa shape index (κ3) is 4.58. The van der Waals surface area contributed by atoms with E-state index in [4.69, 9.17) is 5.11 Å². The molecule has 1 aliphatic rings. The molecule has 162 valence electrons. The first kappa shape index (κ1) is 21.7. The molecule has 3 aromatic rings. The summed E-state index contributed by atoms with van der Waals surface area (Å²) in [7, 11) is -3.43. The molecule has 0 saturated heterocycles. The quantitative estimate of drug-likeness (QED) is 0.538. The zero-order valence-corrected chi connectivity index (χ0v) is 18.9. The van der Waals surface area contributed by atoms with Gasteiger partial charge in [-0.1, -0.05) is 49.7 Å². The monoisotopic (exact) mass is 435 g/mol. The van der Waals surface area contributed by atoms with E-state index in [1.165, 1.54) is 22.4 Å². The summed E-state index contributed by atoms with van der Waals surface area (Å²) >= 11 is 0. The molecule has 2 aromatic carbocycles. The fourth-order valence-electron chi connectivity index (χ4n) is 4.44. The number of aryl methyl sites for hydroxylation is 2. The van der Waals surface area contributed by atoms with Crippen molar-refractivity contribution in [3.8, 4) is 11.1 Å². The highest BCUT2D eigenvalue weighted by Gasteiger charge is 2.42. The molecule has 0 unspecified atom stereocenters. The zero-order valence-electron chi connectivity index (χ0n) is 18.1. The Morgan fingerprint density at radius 2 is 1.77 bits per heavy atom. The highest BCUT2D eigenvalue weighted by molar-refractivity contribution is 7.91. The van der Waals surface area contributed by atoms with Crippen molar-refractivity contribution in [2.75, 3.05) is 12.4 Å². The molecule has 5 heteroatoms. The van der Waals surface area contributed by atoms with E-state index in [0.717, 1.165) is 30.4 Å². The Bertz CT molecular complexity index is 1170. The second-order valence-electron chi connectivity index (χ2n) is 8.38. The molecule has 31 heavy (non-hydrogen) atoms. The summed E-state index contributed by atoms with van der Waals surface area (Å²) in [6.45, 7) is 3.97. The van der Waals surface area contributed by atoms with E-state index in [0.29, 0.717) is 11.8 Å². The third-order valence-electron chi connectivity index (χ3n) is 6.16. The van der Waals surface area contributed by atoms with Crippen LogP contribution in [0, 0.1) is 6.92 Å². The molecule has 1 aromatic heterocycles. The van der Waals surface area contributed by atoms with Gasteiger partial charge in [0.2, 0.25) is 0 Å². The minimum atomic E-state index is -3.43. The van der Waals surface area contributed by atoms with Crippen molar-refractivity contribution in [2.45, 2.75) is 49.8 Å². The summed E-state index contributed by atoms with van der Waals surface area (Å²) in [6, 6.07) is 17.8. The molecule has 0 radical (unpaired) electrons. The first-order chi connectivity index (χ1) is 14.9. The highest BCUT2D eigenvalue weighted by atomic mass is 32.2. The van der Waals surface area contributed by atoms with Crippen molar-refractivity contribution >= 4 is 9.84 Å². The fourth-order valence-corrected chi connectivity index (χ4v) is 5.46. The number of rotatable bonds is 8. The maximum absolute atomic E-state index is 12.2. The average molecular weight is 436 g/mol. The standard InChI is InChI=1S/C26H29NO3S/c1-3-5-20-7-8-21(19-9-11-22(12-10-19)31(29,30)15-14-28)16-23(20)24-17-25(24)26-18(2)6-4-13-27-26/h4,6-13,16,24-25,28H,3,5,14-15,17H2,1-2H3/t24-,25-/m0/s1. The SMILES string of the molecule is CCCc1ccc(-c2ccc(S(=O)(=O)CCO)cc2)cc1[C@@H]1C[C@@H]1c1ncccc1C. The van der Waals surface area contributed by atoms with Gasteiger partial charge in [-0.05, 0) is 71.7 Å². The van der Waals surface area contributed by atoms with Gasteiger partial charge in [0.25, 0.3) is 0 Å². The molecular formula is C26H29NO3S. The van der Waals surface area contributed by atoms with Gasteiger partial charge in [-0.2, -0.15) is 0 Å². The lowest BCUT2D eigenvalue weighted by Crippen LogP contribution is -2.09. The molecule has 4 nitrogen and oxygen atoms in total. The Hall–Kier alpha value is -2.50. The lowest BCUT2D eigenvalue weighted by Gasteiger charge is -2.13. The van der Waals surface area contributed by atoms with Gasteiger partial charge < -0.3 is 5.11 Å². The first-order valence-electron chi connectivity index (χ1n) is 10.9. The Balaban J connectivity index is 1.65. The minimum Gasteiger partial charge on any atom is -0.395 e. The van der Waals surface area contributed by atoms with Crippen molar-refractivity contribution in [2.24, 2.45) is 0 Å². The average Bonchev–Trinajstić information content (AvgIpc) is 3.55. The number of hydrogen-bond acceptors (Lipinski definition) is 4. The minimum absolute atomic E-state index is 0.251. The van der Waals surface area contributed by atoms with Crippen LogP contribution < -0.4 is 0 Å². The Morgan fingerprint density at radius 3 is 2.45 bits per heavy atom. The van der Waals surface area contributed by atoms with Crippen LogP contribution in [0.5, 0.6) is 0 Å². The van der Waals surface area contributed by atoms with Crippen LogP contribution in [0.4, 0.5) is 0 Å². The number of hydrogen-bond donors (Lipinski definition) is 1. The number of aliphatic hydroxyl groups excluding tert-OH is 1. The Kier molecular flexibility index (Phi) is 6.26. The molecule has 1 aliphatic carbocycles. The zero-order chi connectivity index (χ0) is 22.0. The predicted molar refractivity (Wildman–Crippen MR) is 124 cm³/mol. The molecule has 0 aliphatic heterocycles. The van der Waals surface area contributed by atoms with Crippen LogP contribution >= 0.6 is 0 Å². The maximum Gasteiger partial charge on any atom is 0.180 e. The summed E-state index contributed by atoms with van der Waals surface area (Å²) in [5.74, 6) is 0.704. The molecule has 4 rings (SSSR count). The van der Waals surface area contributed by atoms with Crippen molar-refractivity contribution in [1.82, 2.24) is 4.98 Å². The maximum atomic E-state index is 12.2. The first-order valence-corrected chi connectivity index (χ1v) is 12.6. The summed E-state index contributed by atoms with van der Waals surface area (Å²) in [5.41, 5.74) is 7.35. The Labute approximate surface area is 184 Å². The summed E-state index contributed by atoms with van der Waals surface area (Å²) in [4.78, 5) is 4.90. The number of aliphatic hydroxyl groups is 1. The second kappa shape index (κ2) is 8.93. The van der Waals surface area contributed by atoms with Gasteiger partial charge in [0.15, 0.2) is 9.84 Å². The molecule has 0 spiro atoms. The molecule has 0 bridgehead atoms. The van der Waals surface area contributed by atoms with E-state index in [2.05, 4.69) is 43.1 Å². The van der Waals surface area contributed by atoms with Crippen LogP contribution in [-0.4, -0.2) is 30.9 Å². The van der Waals surface area contributed by atoms with Crippen molar-refractivity contribution < 1.29 is 13.5 Å². The van der Waals surface area contributed by atoms with Crippen molar-refractivity contribution in [1.29, 1.82) is 0 Å². The van der Waals surface area contributed by atoms with E-state index in [-0.39, 0.29) is 17.3 Å². The van der Waals surface area contributed by atoms with Gasteiger partial charge in [-0.25, -0.2) is 8.42 Å². The lowest BCUT2D eigenvalue weighted by atomic mass is 9.93. The second-order valence-corrected chi connectivity index (χ2v) is 10.5. The molecular weight excluding hydrogens is 406 g/mol. The number of benzene rings is 2. The molecule has 0 amide bonds. The van der Waals surface area contributed by atoms with Crippen LogP contribution in [0.15, 0.2) is 65.7 Å². The fraction of sp³-hybridized carbons (Fsp3) is 0.346. The van der Waals surface area contributed by atoms with E-state index >= 15 is 0 Å². The van der Waals surface area contributed by atoms with Crippen LogP contribution in [0.25, 0.3) is 11.1 Å². The molecule has 1 saturated carbocycles. The topological polar surface area (TPSA) is 67.3 Å². The largest absolute Gasteiger partial charge is 0.395 e. The number of nitrogens with zero attached hydrogens (tertiary/aromatic N) is 1. The van der Waals surface area contributed by atoms with Crippen LogP contribution in [-0.2, 0) is 16.3 Å². The lowest BCUT2D eigenvalue weighted by molar-refractivity contribution is 0.319. The van der Waals surface area contributed by atoms with Gasteiger partial charge >= 0.3 is 0 Å². The number of aromatic nitrogens is 1. The van der Waals surface area contributed by atoms with Crippen molar-refractivity contribution in [3.63, 3.8) is 0 Å². The van der Waals surface area contributed by atoms with Crippen LogP contribution in [0.1, 0.15) is 54.0 Å². The van der Waals surface area contributed by atoms with Crippen molar-refractivity contribution in [3.05, 3.63) is 83.2 Å². The van der Waals surface area contributed by atoms with Gasteiger partial charge in [0, 0.05) is 17.8 Å². The van der Waals surface area contributed by atoms with Crippen LogP contribution in [0.3, 0.4) is 0 Å². The number of sulfone groups is 1. The molecule has 2 atom stereocenters. The van der Waals surface area contributed by atoms with Crippen LogP contribution in [0.2, 0.25) is 0 Å². The molecule has 1 fully saturated rings. The van der Waals surface area contributed by atoms with Gasteiger partial charge in [-0.15, -0.1) is 0 Å². The summed E-state index contributed by atoms with van der Waals surface area (Å²) in [6.07, 6.45) is 5.16. The smallest absolute Gasteiger partial charge is 0.180 e. The number of pyridine rings is 1. The van der Waals surface area contributed by atoms with Gasteiger partial charge in [0.1, 0.15) is 0 Å². The highest BCUT2D eigenvalue weighted by Crippen LogP contribution is 2.56. The summed E-state index contributed by atoms with van der Waals surface area (Å²) in [5, 5.41) is 8.99. The predicted octanol–water partition coefficient (Wildman–Crippen LogP) is 5.05. The normalized spacial score (nSPS) is 18.2. The molecule has 1 N–H and O–H groups in total. The molecule has 1 heterocycles. The van der Waals surface area contributed by atoms with E-state index in [9.17, 15) is 8.42 Å². The van der Waals surface area contributed by atoms with Gasteiger partial charge in [0.05, 0.1) is 17.3 Å². The Morgan fingerprint density at radius 1 is 1.03 bits per heavy atom. The van der Waals surface area contributed by atoms with E-state index in [1.807, 2.05) is 24.4 Å². The van der Waals surface area contributed by atoms with E-state index in [1.54, 1.807) is 12.1 Å². The summed E-state index contributed by atoms with van der Waals surface area (Å²) < 4.78 is 24.4. The van der Waals surface area contributed by atoms with Gasteiger partial charge in [-0.3, -0.25) is 4.98 Å². The third-order valence-corrected chi connectivity index (χ3v) is 7.87. The van der Waals surface area contributed by atoms with E-state index < -0.39 is 9.84 Å².